The van der Waals surface area contributed by atoms with Crippen molar-refractivity contribution in [2.75, 3.05) is 18.8 Å². The first-order valence-electron chi connectivity index (χ1n) is 11.0. The molecule has 156 valence electrons. The smallest absolute Gasteiger partial charge is 0.194 e. The number of ketones is 1. The number of nitrogens with two attached hydrogens (primary N) is 1. The summed E-state index contributed by atoms with van der Waals surface area (Å²) < 4.78 is 1.17. The van der Waals surface area contributed by atoms with Crippen molar-refractivity contribution in [2.45, 2.75) is 50.5 Å². The molecule has 2 unspecified atom stereocenters. The van der Waals surface area contributed by atoms with Crippen molar-refractivity contribution in [3.05, 3.63) is 64.2 Å². The molecule has 0 radical (unpaired) electrons. The highest BCUT2D eigenvalue weighted by molar-refractivity contribution is 7.22. The maximum absolute atomic E-state index is 13.1. The van der Waals surface area contributed by atoms with Crippen LogP contribution < -0.4 is 5.73 Å². The summed E-state index contributed by atoms with van der Waals surface area (Å²) >= 11 is 7.93. The van der Waals surface area contributed by atoms with Crippen LogP contribution in [-0.4, -0.2) is 29.8 Å². The Bertz CT molecular complexity index is 1080. The minimum Gasteiger partial charge on any atom is -0.390 e. The second kappa shape index (κ2) is 8.33. The lowest BCUT2D eigenvalue weighted by Gasteiger charge is -2.33. The van der Waals surface area contributed by atoms with Crippen LogP contribution in [0.25, 0.3) is 10.1 Å². The number of halogens is 1. The van der Waals surface area contributed by atoms with Crippen LogP contribution >= 0.6 is 22.9 Å². The zero-order chi connectivity index (χ0) is 20.7. The van der Waals surface area contributed by atoms with Crippen molar-refractivity contribution in [3.8, 4) is 0 Å². The van der Waals surface area contributed by atoms with Gasteiger partial charge in [0.25, 0.3) is 0 Å². The first-order valence-corrected chi connectivity index (χ1v) is 12.2. The topological polar surface area (TPSA) is 46.3 Å². The van der Waals surface area contributed by atoms with Crippen molar-refractivity contribution in [1.29, 1.82) is 0 Å². The van der Waals surface area contributed by atoms with Gasteiger partial charge in [-0.1, -0.05) is 30.2 Å². The van der Waals surface area contributed by atoms with E-state index in [1.165, 1.54) is 48.9 Å². The number of nitrogen functional groups attached to an aromatic ring is 1. The molecule has 5 rings (SSSR count). The summed E-state index contributed by atoms with van der Waals surface area (Å²) in [5.41, 5.74) is 9.04. The number of anilines is 1. The lowest BCUT2D eigenvalue weighted by atomic mass is 9.89. The second-order valence-corrected chi connectivity index (χ2v) is 10.1. The number of nitrogens with zero attached hydrogens (tertiary/aromatic N) is 1. The summed E-state index contributed by atoms with van der Waals surface area (Å²) in [6, 6.07) is 14.0. The third-order valence-electron chi connectivity index (χ3n) is 6.91. The van der Waals surface area contributed by atoms with E-state index in [1.807, 2.05) is 30.3 Å². The lowest BCUT2D eigenvalue weighted by Crippen LogP contribution is -2.38. The normalized spacial score (nSPS) is 22.6. The van der Waals surface area contributed by atoms with Crippen LogP contribution in [0, 0.1) is 0 Å². The second-order valence-electron chi connectivity index (χ2n) is 8.65. The molecular weight excluding hydrogens is 412 g/mol. The number of fused-ring (bicyclic) bond motifs is 2. The molecule has 0 spiro atoms. The zero-order valence-electron chi connectivity index (χ0n) is 17.1. The third kappa shape index (κ3) is 3.66. The molecule has 3 nitrogen and oxygen atoms in total. The Kier molecular flexibility index (Phi) is 5.57. The van der Waals surface area contributed by atoms with Gasteiger partial charge in [-0.25, -0.2) is 0 Å². The number of thiophene rings is 1. The van der Waals surface area contributed by atoms with E-state index in [0.717, 1.165) is 29.4 Å². The van der Waals surface area contributed by atoms with Crippen LogP contribution in [0.1, 0.15) is 65.9 Å². The molecule has 2 atom stereocenters. The molecule has 3 heterocycles. The van der Waals surface area contributed by atoms with Crippen LogP contribution in [-0.2, 0) is 0 Å². The van der Waals surface area contributed by atoms with E-state index in [4.69, 9.17) is 17.3 Å². The van der Waals surface area contributed by atoms with Gasteiger partial charge in [-0.15, -0.1) is 11.3 Å². The zero-order valence-corrected chi connectivity index (χ0v) is 18.6. The first kappa shape index (κ1) is 20.0. The van der Waals surface area contributed by atoms with E-state index in [1.54, 1.807) is 23.5 Å². The summed E-state index contributed by atoms with van der Waals surface area (Å²) in [7, 11) is 0. The van der Waals surface area contributed by atoms with Crippen LogP contribution in [0.2, 0.25) is 5.02 Å². The maximum Gasteiger partial charge on any atom is 0.194 e. The lowest BCUT2D eigenvalue weighted by molar-refractivity contribution is 0.103. The van der Waals surface area contributed by atoms with Gasteiger partial charge in [0.1, 0.15) is 0 Å². The maximum atomic E-state index is 13.1. The number of hydrogen-bond acceptors (Lipinski definition) is 4. The quantitative estimate of drug-likeness (QED) is 0.475. The monoisotopic (exact) mass is 438 g/mol. The van der Waals surface area contributed by atoms with E-state index in [2.05, 4.69) is 4.90 Å². The summed E-state index contributed by atoms with van der Waals surface area (Å²) in [4.78, 5) is 15.8. The fourth-order valence-corrected chi connectivity index (χ4v) is 6.59. The molecule has 5 heteroatoms. The van der Waals surface area contributed by atoms with Crippen LogP contribution in [0.4, 0.5) is 5.00 Å². The van der Waals surface area contributed by atoms with Crippen molar-refractivity contribution in [3.63, 3.8) is 0 Å². The van der Waals surface area contributed by atoms with E-state index in [-0.39, 0.29) is 5.78 Å². The molecule has 0 bridgehead atoms. The predicted molar refractivity (Wildman–Crippen MR) is 127 cm³/mol. The Morgan fingerprint density at radius 1 is 1.03 bits per heavy atom. The molecule has 0 aliphatic carbocycles. The Balaban J connectivity index is 1.50. The number of carbonyl (C=O) groups is 1. The van der Waals surface area contributed by atoms with E-state index >= 15 is 0 Å². The average Bonchev–Trinajstić information content (AvgIpc) is 2.94. The molecular formula is C25H27ClN2OS. The average molecular weight is 439 g/mol. The van der Waals surface area contributed by atoms with Crippen LogP contribution in [0.5, 0.6) is 0 Å². The number of rotatable bonds is 3. The molecule has 2 N–H and O–H groups in total. The first-order chi connectivity index (χ1) is 14.6. The summed E-state index contributed by atoms with van der Waals surface area (Å²) in [6.45, 7) is 2.40. The van der Waals surface area contributed by atoms with Gasteiger partial charge in [0.15, 0.2) is 5.78 Å². The molecule has 30 heavy (non-hydrogen) atoms. The van der Waals surface area contributed by atoms with Crippen molar-refractivity contribution in [1.82, 2.24) is 4.90 Å². The van der Waals surface area contributed by atoms with Crippen molar-refractivity contribution in [2.24, 2.45) is 0 Å². The summed E-state index contributed by atoms with van der Waals surface area (Å²) in [5.74, 6) is 0.436. The van der Waals surface area contributed by atoms with Gasteiger partial charge >= 0.3 is 0 Å². The molecule has 2 fully saturated rings. The van der Waals surface area contributed by atoms with Gasteiger partial charge in [-0.05, 0) is 92.4 Å². The predicted octanol–water partition coefficient (Wildman–Crippen LogP) is 6.49. The summed E-state index contributed by atoms with van der Waals surface area (Å²) in [6.07, 6.45) is 7.61. The Morgan fingerprint density at radius 2 is 1.90 bits per heavy atom. The summed E-state index contributed by atoms with van der Waals surface area (Å²) in [5, 5.41) is 2.56. The van der Waals surface area contributed by atoms with Crippen molar-refractivity contribution >= 4 is 43.8 Å². The van der Waals surface area contributed by atoms with E-state index in [0.29, 0.717) is 22.1 Å². The Labute approximate surface area is 186 Å². The Hall–Kier alpha value is -1.88. The van der Waals surface area contributed by atoms with Gasteiger partial charge in [-0.2, -0.15) is 0 Å². The number of hydrogen-bond donors (Lipinski definition) is 1. The fraction of sp³-hybridized carbons (Fsp3) is 0.400. The molecule has 2 aromatic carbocycles. The van der Waals surface area contributed by atoms with E-state index < -0.39 is 0 Å². The highest BCUT2D eigenvalue weighted by atomic mass is 35.5. The van der Waals surface area contributed by atoms with Gasteiger partial charge in [0, 0.05) is 21.9 Å². The molecule has 0 saturated carbocycles. The number of piperidine rings is 1. The molecule has 1 aromatic heterocycles. The van der Waals surface area contributed by atoms with Crippen LogP contribution in [0.3, 0.4) is 0 Å². The fourth-order valence-electron chi connectivity index (χ4n) is 5.33. The molecule has 2 saturated heterocycles. The standard InChI is InChI=1S/C25H27ClN2OS/c26-21-7-2-1-6-19(21)24(29)17-9-11-22-20(15-17)23(25(27)30-22)16-8-10-18-5-3-4-13-28(18)14-12-16/h1-2,6-7,9,11,15-16,18H,3-5,8,10,12-14,27H2. The van der Waals surface area contributed by atoms with Gasteiger partial charge in [-0.3, -0.25) is 4.79 Å². The van der Waals surface area contributed by atoms with Crippen molar-refractivity contribution < 1.29 is 4.79 Å². The van der Waals surface area contributed by atoms with E-state index in [9.17, 15) is 4.79 Å². The highest BCUT2D eigenvalue weighted by Crippen LogP contribution is 2.44. The SMILES string of the molecule is Nc1sc2ccc(C(=O)c3ccccc3Cl)cc2c1C1CCC2CCCCN2CC1. The van der Waals surface area contributed by atoms with Gasteiger partial charge in [0.2, 0.25) is 0 Å². The van der Waals surface area contributed by atoms with Gasteiger partial charge in [0.05, 0.1) is 10.0 Å². The van der Waals surface area contributed by atoms with Gasteiger partial charge < -0.3 is 10.6 Å². The largest absolute Gasteiger partial charge is 0.390 e. The molecule has 2 aliphatic heterocycles. The molecule has 3 aromatic rings. The number of benzene rings is 2. The third-order valence-corrected chi connectivity index (χ3v) is 8.25. The number of carbonyl (C=O) groups excluding carboxylic acids is 1. The Morgan fingerprint density at radius 3 is 2.77 bits per heavy atom. The van der Waals surface area contributed by atoms with Crippen LogP contribution in [0.15, 0.2) is 42.5 Å². The highest BCUT2D eigenvalue weighted by Gasteiger charge is 2.30. The minimum absolute atomic E-state index is 0.0313. The molecule has 2 aliphatic rings. The minimum atomic E-state index is -0.0313. The molecule has 0 amide bonds.